The average Bonchev–Trinajstić information content (AvgIpc) is 2.80. The van der Waals surface area contributed by atoms with E-state index in [-0.39, 0.29) is 17.2 Å². The van der Waals surface area contributed by atoms with Gasteiger partial charge in [-0.2, -0.15) is 5.26 Å². The second-order valence-electron chi connectivity index (χ2n) is 4.05. The molecule has 1 aromatic carbocycles. The number of carboxylic acid groups (broad SMARTS) is 1. The first-order chi connectivity index (χ1) is 9.70. The first-order valence-electron chi connectivity index (χ1n) is 5.76. The van der Waals surface area contributed by atoms with E-state index in [0.29, 0.717) is 10.2 Å². The molecule has 0 atom stereocenters. The van der Waals surface area contributed by atoms with E-state index in [1.54, 1.807) is 0 Å². The number of rotatable bonds is 3. The summed E-state index contributed by atoms with van der Waals surface area (Å²) in [5.74, 6) is -0.859. The number of hydrogen-bond donors (Lipinski definition) is 1. The molecule has 0 amide bonds. The van der Waals surface area contributed by atoms with Crippen LogP contribution in [0.4, 0.5) is 0 Å². The van der Waals surface area contributed by atoms with Gasteiger partial charge in [0.1, 0.15) is 10.9 Å². The molecule has 98 valence electrons. The molecule has 0 fully saturated rings. The third-order valence-electron chi connectivity index (χ3n) is 2.81. The zero-order valence-electron chi connectivity index (χ0n) is 10.2. The van der Waals surface area contributed by atoms with Crippen LogP contribution in [-0.4, -0.2) is 22.7 Å². The summed E-state index contributed by atoms with van der Waals surface area (Å²) in [6, 6.07) is 11.2. The second kappa shape index (κ2) is 4.79. The van der Waals surface area contributed by atoms with Gasteiger partial charge in [0.15, 0.2) is 17.2 Å². The van der Waals surface area contributed by atoms with Crippen molar-refractivity contribution in [2.24, 2.45) is 0 Å². The van der Waals surface area contributed by atoms with Gasteiger partial charge in [0.25, 0.3) is 0 Å². The molecule has 0 saturated heterocycles. The van der Waals surface area contributed by atoms with E-state index in [2.05, 4.69) is 4.98 Å². The summed E-state index contributed by atoms with van der Waals surface area (Å²) in [6.07, 6.45) is 0. The van der Waals surface area contributed by atoms with E-state index in [0.717, 1.165) is 22.2 Å². The number of thiophene rings is 1. The number of nitriles is 1. The molecule has 2 heterocycles. The predicted octanol–water partition coefficient (Wildman–Crippen LogP) is 3.05. The van der Waals surface area contributed by atoms with Crippen LogP contribution in [0.1, 0.15) is 9.67 Å². The summed E-state index contributed by atoms with van der Waals surface area (Å²) in [5.41, 5.74) is 0.796. The monoisotopic (exact) mass is 284 g/mol. The number of pyridine rings is 1. The fourth-order valence-electron chi connectivity index (χ4n) is 1.99. The minimum atomic E-state index is -1.08. The lowest BCUT2D eigenvalue weighted by molar-refractivity contribution is 0.0699. The summed E-state index contributed by atoms with van der Waals surface area (Å²) < 4.78 is 5.28. The Hall–Kier alpha value is -2.65. The van der Waals surface area contributed by atoms with Gasteiger partial charge in [-0.15, -0.1) is 11.3 Å². The first-order valence-corrected chi connectivity index (χ1v) is 6.57. The second-order valence-corrected chi connectivity index (χ2v) is 5.05. The number of nitrogens with zero attached hydrogens (tertiary/aromatic N) is 2. The van der Waals surface area contributed by atoms with Gasteiger partial charge in [-0.3, -0.25) is 0 Å². The molecule has 2 aromatic heterocycles. The summed E-state index contributed by atoms with van der Waals surface area (Å²) in [5, 5.41) is 19.4. The lowest BCUT2D eigenvalue weighted by Crippen LogP contribution is -1.99. The van der Waals surface area contributed by atoms with Crippen molar-refractivity contribution in [3.8, 4) is 11.8 Å². The average molecular weight is 284 g/mol. The lowest BCUT2D eigenvalue weighted by Gasteiger charge is -2.02. The van der Waals surface area contributed by atoms with Crippen LogP contribution in [0.3, 0.4) is 0 Å². The van der Waals surface area contributed by atoms with Gasteiger partial charge in [0, 0.05) is 5.39 Å². The number of para-hydroxylation sites is 1. The van der Waals surface area contributed by atoms with E-state index < -0.39 is 5.97 Å². The maximum Gasteiger partial charge on any atom is 0.349 e. The van der Waals surface area contributed by atoms with Gasteiger partial charge in [0.2, 0.25) is 0 Å². The Kier molecular flexibility index (Phi) is 2.97. The van der Waals surface area contributed by atoms with E-state index in [9.17, 15) is 9.90 Å². The molecule has 0 unspecified atom stereocenters. The minimum absolute atomic E-state index is 0.0676. The lowest BCUT2D eigenvalue weighted by atomic mass is 10.2. The van der Waals surface area contributed by atoms with Crippen LogP contribution in [0.5, 0.6) is 5.75 Å². The van der Waals surface area contributed by atoms with Crippen LogP contribution in [0.25, 0.3) is 21.1 Å². The molecule has 0 aliphatic rings. The van der Waals surface area contributed by atoms with E-state index >= 15 is 0 Å². The fourth-order valence-corrected chi connectivity index (χ4v) is 2.94. The highest BCUT2D eigenvalue weighted by atomic mass is 32.1. The molecule has 6 heteroatoms. The van der Waals surface area contributed by atoms with E-state index in [4.69, 9.17) is 10.00 Å². The van der Waals surface area contributed by atoms with Crippen LogP contribution in [0, 0.1) is 11.3 Å². The maximum absolute atomic E-state index is 11.3. The number of carbonyl (C=O) groups is 1. The van der Waals surface area contributed by atoms with Crippen molar-refractivity contribution < 1.29 is 14.6 Å². The van der Waals surface area contributed by atoms with Crippen molar-refractivity contribution >= 4 is 38.4 Å². The van der Waals surface area contributed by atoms with Gasteiger partial charge in [0.05, 0.1) is 10.9 Å². The summed E-state index contributed by atoms with van der Waals surface area (Å²) in [6.45, 7) is -0.195. The Bertz CT molecular complexity index is 864. The Morgan fingerprint density at radius 3 is 3.00 bits per heavy atom. The van der Waals surface area contributed by atoms with Crippen molar-refractivity contribution in [1.29, 1.82) is 5.26 Å². The quantitative estimate of drug-likeness (QED) is 0.799. The van der Waals surface area contributed by atoms with Gasteiger partial charge in [-0.25, -0.2) is 9.78 Å². The predicted molar refractivity (Wildman–Crippen MR) is 75.2 cm³/mol. The number of aromatic carboxylic acids is 1. The summed E-state index contributed by atoms with van der Waals surface area (Å²) in [4.78, 5) is 16.4. The number of benzene rings is 1. The number of carboxylic acids is 1. The third-order valence-corrected chi connectivity index (χ3v) is 3.88. The van der Waals surface area contributed by atoms with Crippen LogP contribution < -0.4 is 4.74 Å². The highest BCUT2D eigenvalue weighted by Crippen LogP contribution is 2.38. The van der Waals surface area contributed by atoms with Crippen molar-refractivity contribution in [3.05, 3.63) is 35.2 Å². The van der Waals surface area contributed by atoms with Crippen LogP contribution in [0.15, 0.2) is 30.3 Å². The zero-order valence-corrected chi connectivity index (χ0v) is 11.0. The Morgan fingerprint density at radius 2 is 2.25 bits per heavy atom. The van der Waals surface area contributed by atoms with Crippen molar-refractivity contribution in [1.82, 2.24) is 4.98 Å². The van der Waals surface area contributed by atoms with Crippen LogP contribution in [-0.2, 0) is 0 Å². The van der Waals surface area contributed by atoms with Crippen LogP contribution in [0.2, 0.25) is 0 Å². The normalized spacial score (nSPS) is 10.6. The largest absolute Gasteiger partial charge is 0.477 e. The molecule has 3 rings (SSSR count). The molecule has 0 radical (unpaired) electrons. The van der Waals surface area contributed by atoms with Gasteiger partial charge in [-0.05, 0) is 12.1 Å². The van der Waals surface area contributed by atoms with Gasteiger partial charge >= 0.3 is 5.97 Å². The number of aromatic nitrogens is 1. The summed E-state index contributed by atoms with van der Waals surface area (Å²) >= 11 is 1.05. The molecule has 0 spiro atoms. The molecule has 3 aromatic rings. The number of ether oxygens (including phenoxy) is 1. The van der Waals surface area contributed by atoms with Gasteiger partial charge in [-0.1, -0.05) is 18.2 Å². The van der Waals surface area contributed by atoms with E-state index in [1.165, 1.54) is 0 Å². The molecule has 0 aliphatic heterocycles. The first kappa shape index (κ1) is 12.4. The minimum Gasteiger partial charge on any atom is -0.477 e. The highest BCUT2D eigenvalue weighted by Gasteiger charge is 2.20. The van der Waals surface area contributed by atoms with Crippen molar-refractivity contribution in [2.45, 2.75) is 0 Å². The molecule has 20 heavy (non-hydrogen) atoms. The molecule has 1 N–H and O–H groups in total. The van der Waals surface area contributed by atoms with Crippen molar-refractivity contribution in [2.75, 3.05) is 6.61 Å². The molecular weight excluding hydrogens is 276 g/mol. The smallest absolute Gasteiger partial charge is 0.349 e. The Balaban J connectivity index is 2.31. The van der Waals surface area contributed by atoms with E-state index in [1.807, 2.05) is 36.4 Å². The van der Waals surface area contributed by atoms with Crippen LogP contribution >= 0.6 is 11.3 Å². The molecule has 5 nitrogen and oxygen atoms in total. The molecule has 0 saturated carbocycles. The highest BCUT2D eigenvalue weighted by molar-refractivity contribution is 7.20. The van der Waals surface area contributed by atoms with Crippen molar-refractivity contribution in [3.63, 3.8) is 0 Å². The number of hydrogen-bond acceptors (Lipinski definition) is 5. The third kappa shape index (κ3) is 1.94. The zero-order chi connectivity index (χ0) is 14.1. The topological polar surface area (TPSA) is 83.2 Å². The maximum atomic E-state index is 11.3. The Labute approximate surface area is 117 Å². The summed E-state index contributed by atoms with van der Waals surface area (Å²) in [7, 11) is 0. The molecular formula is C14H8N2O3S. The molecule has 0 aliphatic carbocycles. The SMILES string of the molecule is N#CCOc1c(C(=O)O)sc2nc3ccccc3cc12. The molecule has 0 bridgehead atoms. The van der Waals surface area contributed by atoms with Gasteiger partial charge < -0.3 is 9.84 Å². The standard InChI is InChI=1S/C14H8N2O3S/c15-5-6-19-11-9-7-8-3-1-2-4-10(8)16-13(9)20-12(11)14(17)18/h1-4,7H,6H2,(H,17,18). The Morgan fingerprint density at radius 1 is 1.45 bits per heavy atom. The number of fused-ring (bicyclic) bond motifs is 2. The fraction of sp³-hybridized carbons (Fsp3) is 0.0714.